The average Bonchev–Trinajstić information content (AvgIpc) is 3.04. The number of ether oxygens (including phenoxy) is 1. The SMILES string of the molecule is CCOC(=O)c1cn(CC(=O)O)c2nc(-c3ccccc3)nn2c1=O. The van der Waals surface area contributed by atoms with E-state index in [-0.39, 0.29) is 23.8 Å². The van der Waals surface area contributed by atoms with Gasteiger partial charge in [0.15, 0.2) is 5.82 Å². The number of esters is 1. The van der Waals surface area contributed by atoms with Crippen molar-refractivity contribution >= 4 is 17.7 Å². The minimum Gasteiger partial charge on any atom is -0.480 e. The van der Waals surface area contributed by atoms with Gasteiger partial charge in [0.1, 0.15) is 12.1 Å². The first-order valence-corrected chi connectivity index (χ1v) is 7.45. The highest BCUT2D eigenvalue weighted by molar-refractivity contribution is 5.89. The lowest BCUT2D eigenvalue weighted by Gasteiger charge is -2.07. The molecule has 128 valence electrons. The lowest BCUT2D eigenvalue weighted by atomic mass is 10.2. The van der Waals surface area contributed by atoms with Gasteiger partial charge in [0.05, 0.1) is 6.61 Å². The Morgan fingerprint density at radius 3 is 2.60 bits per heavy atom. The normalized spacial score (nSPS) is 10.8. The van der Waals surface area contributed by atoms with Crippen molar-refractivity contribution in [3.05, 3.63) is 52.4 Å². The van der Waals surface area contributed by atoms with Crippen LogP contribution in [0.4, 0.5) is 0 Å². The number of hydrogen-bond donors (Lipinski definition) is 1. The fourth-order valence-electron chi connectivity index (χ4n) is 2.33. The number of aromatic nitrogens is 4. The highest BCUT2D eigenvalue weighted by atomic mass is 16.5. The first-order valence-electron chi connectivity index (χ1n) is 7.45. The molecule has 25 heavy (non-hydrogen) atoms. The Morgan fingerprint density at radius 1 is 1.24 bits per heavy atom. The van der Waals surface area contributed by atoms with Crippen molar-refractivity contribution in [3.63, 3.8) is 0 Å². The number of carboxylic acid groups (broad SMARTS) is 1. The van der Waals surface area contributed by atoms with Crippen LogP contribution in [0.15, 0.2) is 41.3 Å². The van der Waals surface area contributed by atoms with Crippen molar-refractivity contribution in [2.45, 2.75) is 13.5 Å². The summed E-state index contributed by atoms with van der Waals surface area (Å²) < 4.78 is 6.94. The van der Waals surface area contributed by atoms with Crippen LogP contribution in [0.2, 0.25) is 0 Å². The van der Waals surface area contributed by atoms with Gasteiger partial charge in [-0.25, -0.2) is 4.79 Å². The lowest BCUT2D eigenvalue weighted by molar-refractivity contribution is -0.137. The van der Waals surface area contributed by atoms with Gasteiger partial charge in [0, 0.05) is 11.8 Å². The molecule has 0 aliphatic heterocycles. The number of rotatable bonds is 5. The van der Waals surface area contributed by atoms with E-state index in [1.165, 1.54) is 4.57 Å². The number of nitrogens with zero attached hydrogens (tertiary/aromatic N) is 4. The van der Waals surface area contributed by atoms with E-state index in [9.17, 15) is 14.4 Å². The van der Waals surface area contributed by atoms with Crippen molar-refractivity contribution in [2.24, 2.45) is 0 Å². The van der Waals surface area contributed by atoms with Crippen LogP contribution in [-0.4, -0.2) is 42.8 Å². The summed E-state index contributed by atoms with van der Waals surface area (Å²) >= 11 is 0. The monoisotopic (exact) mass is 342 g/mol. The van der Waals surface area contributed by atoms with Gasteiger partial charge in [-0.05, 0) is 6.92 Å². The van der Waals surface area contributed by atoms with Crippen LogP contribution in [0.1, 0.15) is 17.3 Å². The largest absolute Gasteiger partial charge is 0.480 e. The third-order valence-corrected chi connectivity index (χ3v) is 3.39. The fourth-order valence-corrected chi connectivity index (χ4v) is 2.33. The molecule has 0 atom stereocenters. The number of carbonyl (C=O) groups excluding carboxylic acids is 1. The standard InChI is InChI=1S/C16H14N4O5/c1-2-25-15(24)11-8-19(9-12(21)22)16-17-13(18-20(16)14(11)23)10-6-4-3-5-7-10/h3-8H,2,9H2,1H3,(H,21,22). The maximum atomic E-state index is 12.5. The van der Waals surface area contributed by atoms with E-state index in [4.69, 9.17) is 9.84 Å². The molecule has 3 rings (SSSR count). The molecule has 0 bridgehead atoms. The summed E-state index contributed by atoms with van der Waals surface area (Å²) in [5, 5.41) is 13.2. The second-order valence-corrected chi connectivity index (χ2v) is 5.10. The van der Waals surface area contributed by atoms with Crippen LogP contribution >= 0.6 is 0 Å². The molecule has 0 amide bonds. The van der Waals surface area contributed by atoms with Gasteiger partial charge in [0.25, 0.3) is 5.56 Å². The van der Waals surface area contributed by atoms with Crippen LogP contribution < -0.4 is 5.56 Å². The summed E-state index contributed by atoms with van der Waals surface area (Å²) in [5.74, 6) is -1.72. The van der Waals surface area contributed by atoms with Crippen molar-refractivity contribution in [1.29, 1.82) is 0 Å². The van der Waals surface area contributed by atoms with Gasteiger partial charge in [-0.15, -0.1) is 5.10 Å². The molecule has 0 fully saturated rings. The molecule has 0 unspecified atom stereocenters. The second kappa shape index (κ2) is 6.56. The molecule has 0 aliphatic rings. The summed E-state index contributed by atoms with van der Waals surface area (Å²) in [4.78, 5) is 39.9. The smallest absolute Gasteiger partial charge is 0.345 e. The topological polar surface area (TPSA) is 116 Å². The molecule has 0 radical (unpaired) electrons. The molecule has 1 aromatic carbocycles. The van der Waals surface area contributed by atoms with Gasteiger partial charge >= 0.3 is 11.9 Å². The Labute approximate surface area is 141 Å². The molecule has 3 aromatic rings. The number of aliphatic carboxylic acids is 1. The van der Waals surface area contributed by atoms with Crippen LogP contribution in [0.25, 0.3) is 17.2 Å². The summed E-state index contributed by atoms with van der Waals surface area (Å²) in [6, 6.07) is 8.91. The van der Waals surface area contributed by atoms with E-state index in [2.05, 4.69) is 10.1 Å². The quantitative estimate of drug-likeness (QED) is 0.682. The molecule has 1 N–H and O–H groups in total. The Balaban J connectivity index is 2.25. The van der Waals surface area contributed by atoms with E-state index in [1.54, 1.807) is 31.2 Å². The molecule has 0 saturated carbocycles. The van der Waals surface area contributed by atoms with E-state index >= 15 is 0 Å². The zero-order chi connectivity index (χ0) is 18.0. The van der Waals surface area contributed by atoms with E-state index in [0.717, 1.165) is 10.7 Å². The van der Waals surface area contributed by atoms with Gasteiger partial charge in [-0.2, -0.15) is 9.50 Å². The lowest BCUT2D eigenvalue weighted by Crippen LogP contribution is -2.28. The number of fused-ring (bicyclic) bond motifs is 1. The molecule has 0 saturated heterocycles. The summed E-state index contributed by atoms with van der Waals surface area (Å²) in [7, 11) is 0. The number of carboxylic acids is 1. The number of hydrogen-bond acceptors (Lipinski definition) is 6. The number of benzene rings is 1. The first kappa shape index (κ1) is 16.4. The minimum absolute atomic E-state index is 0.0271. The molecular formula is C16H14N4O5. The predicted molar refractivity (Wildman–Crippen MR) is 86.3 cm³/mol. The molecule has 0 spiro atoms. The zero-order valence-electron chi connectivity index (χ0n) is 13.2. The minimum atomic E-state index is -1.15. The van der Waals surface area contributed by atoms with Gasteiger partial charge in [0.2, 0.25) is 5.78 Å². The Morgan fingerprint density at radius 2 is 1.96 bits per heavy atom. The predicted octanol–water partition coefficient (Wildman–Crippen LogP) is 0.819. The summed E-state index contributed by atoms with van der Waals surface area (Å²) in [6.07, 6.45) is 1.13. The molecule has 9 heteroatoms. The van der Waals surface area contributed by atoms with E-state index in [1.807, 2.05) is 6.07 Å². The van der Waals surface area contributed by atoms with Gasteiger partial charge in [-0.3, -0.25) is 9.59 Å². The first-order chi connectivity index (χ1) is 12.0. The maximum absolute atomic E-state index is 12.5. The highest BCUT2D eigenvalue weighted by Crippen LogP contribution is 2.15. The van der Waals surface area contributed by atoms with Crippen molar-refractivity contribution in [2.75, 3.05) is 6.61 Å². The molecular weight excluding hydrogens is 328 g/mol. The molecule has 2 heterocycles. The summed E-state index contributed by atoms with van der Waals surface area (Å²) in [5.41, 5.74) is -0.366. The second-order valence-electron chi connectivity index (χ2n) is 5.10. The third kappa shape index (κ3) is 3.11. The van der Waals surface area contributed by atoms with Crippen LogP contribution in [0.3, 0.4) is 0 Å². The van der Waals surface area contributed by atoms with E-state index < -0.39 is 24.0 Å². The Kier molecular flexibility index (Phi) is 4.29. The number of carbonyl (C=O) groups is 2. The fraction of sp³-hybridized carbons (Fsp3) is 0.188. The van der Waals surface area contributed by atoms with Crippen molar-refractivity contribution < 1.29 is 19.4 Å². The Hall–Kier alpha value is -3.49. The van der Waals surface area contributed by atoms with Crippen LogP contribution in [0.5, 0.6) is 0 Å². The van der Waals surface area contributed by atoms with Crippen LogP contribution in [-0.2, 0) is 16.1 Å². The Bertz CT molecular complexity index is 1010. The van der Waals surface area contributed by atoms with Gasteiger partial charge in [-0.1, -0.05) is 30.3 Å². The summed E-state index contributed by atoms with van der Waals surface area (Å²) in [6.45, 7) is 1.21. The van der Waals surface area contributed by atoms with Crippen molar-refractivity contribution in [3.8, 4) is 11.4 Å². The van der Waals surface area contributed by atoms with Gasteiger partial charge < -0.3 is 14.4 Å². The third-order valence-electron chi connectivity index (χ3n) is 3.39. The molecule has 2 aromatic heterocycles. The highest BCUT2D eigenvalue weighted by Gasteiger charge is 2.20. The van der Waals surface area contributed by atoms with Crippen molar-refractivity contribution in [1.82, 2.24) is 19.2 Å². The van der Waals surface area contributed by atoms with Crippen LogP contribution in [0, 0.1) is 0 Å². The molecule has 0 aliphatic carbocycles. The zero-order valence-corrected chi connectivity index (χ0v) is 13.2. The average molecular weight is 342 g/mol. The van der Waals surface area contributed by atoms with E-state index in [0.29, 0.717) is 5.56 Å². The maximum Gasteiger partial charge on any atom is 0.345 e. The molecule has 9 nitrogen and oxygen atoms in total.